The van der Waals surface area contributed by atoms with Crippen LogP contribution in [0.2, 0.25) is 0 Å². The number of ether oxygens (including phenoxy) is 2. The fourth-order valence-electron chi connectivity index (χ4n) is 2.25. The Morgan fingerprint density at radius 1 is 1.29 bits per heavy atom. The molecule has 0 aromatic rings. The largest absolute Gasteiger partial charge is 0.466 e. The molecule has 0 aromatic heterocycles. The smallest absolute Gasteiger partial charge is 0.407 e. The highest BCUT2D eigenvalue weighted by atomic mass is 35.5. The zero-order valence-corrected chi connectivity index (χ0v) is 13.9. The third-order valence-electron chi connectivity index (χ3n) is 3.14. The minimum atomic E-state index is -0.759. The molecule has 0 aliphatic heterocycles. The summed E-state index contributed by atoms with van der Waals surface area (Å²) >= 11 is 0. The van der Waals surface area contributed by atoms with Gasteiger partial charge in [-0.2, -0.15) is 0 Å². The standard InChI is InChI=1S/C14H25NO5.ClH/c1-5-19-12(17)9-6-7-10(11(16)8-9)15-13(18)20-14(2,3)4;/h9-11,16H,5-8H2,1-4H3,(H,15,18);1H/t9-,10+,11+;/m0./s1. The van der Waals surface area contributed by atoms with Crippen LogP contribution in [0.1, 0.15) is 47.0 Å². The summed E-state index contributed by atoms with van der Waals surface area (Å²) < 4.78 is 10.1. The molecule has 2 N–H and O–H groups in total. The second-order valence-electron chi connectivity index (χ2n) is 6.08. The molecule has 1 rings (SSSR count). The van der Waals surface area contributed by atoms with E-state index in [9.17, 15) is 14.7 Å². The molecule has 21 heavy (non-hydrogen) atoms. The number of carbonyl (C=O) groups is 2. The summed E-state index contributed by atoms with van der Waals surface area (Å²) in [5.74, 6) is -0.566. The quantitative estimate of drug-likeness (QED) is 0.776. The van der Waals surface area contributed by atoms with E-state index < -0.39 is 17.8 Å². The molecule has 1 aliphatic carbocycles. The van der Waals surface area contributed by atoms with Crippen LogP contribution >= 0.6 is 12.4 Å². The van der Waals surface area contributed by atoms with E-state index in [1.165, 1.54) is 0 Å². The van der Waals surface area contributed by atoms with Gasteiger partial charge in [0, 0.05) is 0 Å². The van der Waals surface area contributed by atoms with Gasteiger partial charge in [-0.1, -0.05) is 0 Å². The first-order valence-electron chi connectivity index (χ1n) is 7.07. The van der Waals surface area contributed by atoms with Crippen molar-refractivity contribution in [1.29, 1.82) is 0 Å². The van der Waals surface area contributed by atoms with Crippen molar-refractivity contribution in [3.05, 3.63) is 0 Å². The predicted octanol–water partition coefficient (Wildman–Crippen LogP) is 2.03. The first-order chi connectivity index (χ1) is 9.23. The highest BCUT2D eigenvalue weighted by Crippen LogP contribution is 2.26. The van der Waals surface area contributed by atoms with Crippen molar-refractivity contribution in [2.24, 2.45) is 5.92 Å². The lowest BCUT2D eigenvalue weighted by Gasteiger charge is -2.33. The molecule has 1 aliphatic rings. The van der Waals surface area contributed by atoms with Gasteiger partial charge < -0.3 is 19.9 Å². The van der Waals surface area contributed by atoms with Gasteiger partial charge in [0.2, 0.25) is 0 Å². The van der Waals surface area contributed by atoms with Crippen molar-refractivity contribution in [3.63, 3.8) is 0 Å². The van der Waals surface area contributed by atoms with Gasteiger partial charge in [0.25, 0.3) is 0 Å². The lowest BCUT2D eigenvalue weighted by Crippen LogP contribution is -2.49. The molecule has 0 saturated heterocycles. The number of hydrogen-bond acceptors (Lipinski definition) is 5. The first kappa shape index (κ1) is 20.0. The summed E-state index contributed by atoms with van der Waals surface area (Å²) in [6.45, 7) is 7.43. The number of hydrogen-bond donors (Lipinski definition) is 2. The van der Waals surface area contributed by atoms with Gasteiger partial charge in [0.05, 0.1) is 24.7 Å². The summed E-state index contributed by atoms with van der Waals surface area (Å²) in [7, 11) is 0. The number of amides is 1. The molecule has 124 valence electrons. The van der Waals surface area contributed by atoms with Crippen molar-refractivity contribution >= 4 is 24.5 Å². The molecule has 1 saturated carbocycles. The van der Waals surface area contributed by atoms with Crippen LogP contribution in [0.4, 0.5) is 4.79 Å². The Morgan fingerprint density at radius 3 is 2.38 bits per heavy atom. The van der Waals surface area contributed by atoms with Crippen molar-refractivity contribution < 1.29 is 24.2 Å². The van der Waals surface area contributed by atoms with Crippen LogP contribution in [-0.4, -0.2) is 41.5 Å². The van der Waals surface area contributed by atoms with E-state index in [-0.39, 0.29) is 30.3 Å². The number of nitrogens with one attached hydrogen (secondary N) is 1. The number of halogens is 1. The van der Waals surface area contributed by atoms with Gasteiger partial charge in [0.1, 0.15) is 5.60 Å². The van der Waals surface area contributed by atoms with Crippen LogP contribution in [0.15, 0.2) is 0 Å². The number of rotatable bonds is 3. The predicted molar refractivity (Wildman–Crippen MR) is 80.4 cm³/mol. The number of aliphatic hydroxyl groups is 1. The van der Waals surface area contributed by atoms with Crippen LogP contribution in [0.5, 0.6) is 0 Å². The second kappa shape index (κ2) is 8.44. The summed E-state index contributed by atoms with van der Waals surface area (Å²) in [4.78, 5) is 23.3. The van der Waals surface area contributed by atoms with E-state index in [0.29, 0.717) is 25.9 Å². The molecule has 1 fully saturated rings. The fraction of sp³-hybridized carbons (Fsp3) is 0.857. The zero-order valence-electron chi connectivity index (χ0n) is 13.0. The summed E-state index contributed by atoms with van der Waals surface area (Å²) in [6, 6.07) is -0.379. The van der Waals surface area contributed by atoms with E-state index in [2.05, 4.69) is 5.32 Å². The maximum absolute atomic E-state index is 11.7. The number of carbonyl (C=O) groups excluding carboxylic acids is 2. The van der Waals surface area contributed by atoms with E-state index in [1.54, 1.807) is 27.7 Å². The molecular weight excluding hydrogens is 298 g/mol. The molecule has 3 atom stereocenters. The van der Waals surface area contributed by atoms with Gasteiger partial charge in [-0.15, -0.1) is 12.4 Å². The topological polar surface area (TPSA) is 84.9 Å². The van der Waals surface area contributed by atoms with E-state index in [0.717, 1.165) is 0 Å². The second-order valence-corrected chi connectivity index (χ2v) is 6.08. The molecule has 0 unspecified atom stereocenters. The van der Waals surface area contributed by atoms with Gasteiger partial charge in [0.15, 0.2) is 0 Å². The van der Waals surface area contributed by atoms with Crippen molar-refractivity contribution in [3.8, 4) is 0 Å². The lowest BCUT2D eigenvalue weighted by atomic mass is 9.84. The Labute approximate surface area is 132 Å². The van der Waals surface area contributed by atoms with Gasteiger partial charge in [-0.3, -0.25) is 4.79 Å². The van der Waals surface area contributed by atoms with Crippen molar-refractivity contribution in [1.82, 2.24) is 5.32 Å². The molecule has 0 radical (unpaired) electrons. The number of aliphatic hydroxyl groups excluding tert-OH is 1. The summed E-state index contributed by atoms with van der Waals surface area (Å²) in [5.41, 5.74) is -0.572. The monoisotopic (exact) mass is 323 g/mol. The zero-order chi connectivity index (χ0) is 15.3. The molecular formula is C14H26ClNO5. The molecule has 0 aromatic carbocycles. The van der Waals surface area contributed by atoms with Gasteiger partial charge in [-0.25, -0.2) is 4.79 Å². The van der Waals surface area contributed by atoms with Crippen LogP contribution < -0.4 is 5.32 Å². The SMILES string of the molecule is CCOC(=O)[C@H]1CC[C@@H](NC(=O)OC(C)(C)C)[C@H](O)C1.Cl. The third kappa shape index (κ3) is 7.00. The molecule has 6 nitrogen and oxygen atoms in total. The average molecular weight is 324 g/mol. The highest BCUT2D eigenvalue weighted by Gasteiger charge is 2.35. The van der Waals surface area contributed by atoms with Gasteiger partial charge in [-0.05, 0) is 47.0 Å². The maximum Gasteiger partial charge on any atom is 0.407 e. The Hall–Kier alpha value is -1.01. The first-order valence-corrected chi connectivity index (χ1v) is 7.07. The van der Waals surface area contributed by atoms with Crippen LogP contribution in [-0.2, 0) is 14.3 Å². The Bertz CT molecular complexity index is 356. The van der Waals surface area contributed by atoms with E-state index in [1.807, 2.05) is 0 Å². The third-order valence-corrected chi connectivity index (χ3v) is 3.14. The minimum Gasteiger partial charge on any atom is -0.466 e. The molecule has 0 heterocycles. The van der Waals surface area contributed by atoms with Crippen LogP contribution in [0.3, 0.4) is 0 Å². The fourth-order valence-corrected chi connectivity index (χ4v) is 2.25. The average Bonchev–Trinajstić information content (AvgIpc) is 2.29. The molecule has 0 spiro atoms. The Kier molecular flexibility index (Phi) is 8.03. The maximum atomic E-state index is 11.7. The normalized spacial score (nSPS) is 25.5. The molecule has 0 bridgehead atoms. The van der Waals surface area contributed by atoms with Crippen molar-refractivity contribution in [2.75, 3.05) is 6.61 Å². The minimum absolute atomic E-state index is 0. The Morgan fingerprint density at radius 2 is 1.90 bits per heavy atom. The summed E-state index contributed by atoms with van der Waals surface area (Å²) in [6.07, 6.45) is 0.126. The Balaban J connectivity index is 0.00000400. The molecule has 1 amide bonds. The van der Waals surface area contributed by atoms with Gasteiger partial charge >= 0.3 is 12.1 Å². The van der Waals surface area contributed by atoms with E-state index >= 15 is 0 Å². The lowest BCUT2D eigenvalue weighted by molar-refractivity contribution is -0.150. The molecule has 7 heteroatoms. The number of alkyl carbamates (subject to hydrolysis) is 1. The van der Waals surface area contributed by atoms with E-state index in [4.69, 9.17) is 9.47 Å². The van der Waals surface area contributed by atoms with Crippen LogP contribution in [0.25, 0.3) is 0 Å². The van der Waals surface area contributed by atoms with Crippen molar-refractivity contribution in [2.45, 2.75) is 64.7 Å². The highest BCUT2D eigenvalue weighted by molar-refractivity contribution is 5.85. The number of esters is 1. The van der Waals surface area contributed by atoms with Crippen LogP contribution in [0, 0.1) is 5.92 Å². The summed E-state index contributed by atoms with van der Waals surface area (Å²) in [5, 5.41) is 12.7.